The van der Waals surface area contributed by atoms with Crippen molar-refractivity contribution in [1.82, 2.24) is 0 Å². The lowest BCUT2D eigenvalue weighted by Gasteiger charge is -2.10. The third kappa shape index (κ3) is 4.59. The Labute approximate surface area is 141 Å². The van der Waals surface area contributed by atoms with Gasteiger partial charge in [0, 0.05) is 0 Å². The molecule has 0 saturated heterocycles. The SMILES string of the molecule is CCCOC(=O)c1ccc(OC(=O)c2ccccc2OCC)cc1. The molecule has 24 heavy (non-hydrogen) atoms. The Balaban J connectivity index is 2.06. The molecule has 2 rings (SSSR count). The van der Waals surface area contributed by atoms with Crippen LogP contribution in [0.3, 0.4) is 0 Å². The van der Waals surface area contributed by atoms with Gasteiger partial charge in [0.25, 0.3) is 0 Å². The third-order valence-corrected chi connectivity index (χ3v) is 3.14. The zero-order chi connectivity index (χ0) is 17.4. The molecular formula is C19H20O5. The second kappa shape index (κ2) is 8.72. The molecule has 5 nitrogen and oxygen atoms in total. The van der Waals surface area contributed by atoms with Crippen LogP contribution in [0.1, 0.15) is 41.0 Å². The Hall–Kier alpha value is -2.82. The summed E-state index contributed by atoms with van der Waals surface area (Å²) in [5.41, 5.74) is 0.767. The molecule has 0 radical (unpaired) electrons. The summed E-state index contributed by atoms with van der Waals surface area (Å²) in [7, 11) is 0. The molecule has 0 atom stereocenters. The molecule has 0 heterocycles. The maximum Gasteiger partial charge on any atom is 0.347 e. The standard InChI is InChI=1S/C19H20O5/c1-3-13-23-18(20)14-9-11-15(12-10-14)24-19(21)16-7-5-6-8-17(16)22-4-2/h5-12H,3-4,13H2,1-2H3. The summed E-state index contributed by atoms with van der Waals surface area (Å²) in [5, 5.41) is 0. The molecule has 0 aromatic heterocycles. The van der Waals surface area contributed by atoms with E-state index in [1.54, 1.807) is 48.5 Å². The normalized spacial score (nSPS) is 10.1. The van der Waals surface area contributed by atoms with Gasteiger partial charge in [-0.3, -0.25) is 0 Å². The highest BCUT2D eigenvalue weighted by molar-refractivity contribution is 5.94. The van der Waals surface area contributed by atoms with Gasteiger partial charge in [-0.15, -0.1) is 0 Å². The fourth-order valence-electron chi connectivity index (χ4n) is 2.02. The number of carbonyl (C=O) groups is 2. The van der Waals surface area contributed by atoms with Gasteiger partial charge in [-0.1, -0.05) is 19.1 Å². The minimum absolute atomic E-state index is 0.346. The fourth-order valence-corrected chi connectivity index (χ4v) is 2.02. The van der Waals surface area contributed by atoms with Gasteiger partial charge in [-0.25, -0.2) is 9.59 Å². The number of hydrogen-bond donors (Lipinski definition) is 0. The van der Waals surface area contributed by atoms with Crippen molar-refractivity contribution in [3.05, 3.63) is 59.7 Å². The number of para-hydroxylation sites is 1. The minimum atomic E-state index is -0.514. The molecule has 126 valence electrons. The first kappa shape index (κ1) is 17.5. The summed E-state index contributed by atoms with van der Waals surface area (Å²) in [5.74, 6) is -0.0834. The van der Waals surface area contributed by atoms with Crippen molar-refractivity contribution in [2.45, 2.75) is 20.3 Å². The first-order valence-electron chi connectivity index (χ1n) is 7.87. The lowest BCUT2D eigenvalue weighted by atomic mass is 10.2. The van der Waals surface area contributed by atoms with Crippen molar-refractivity contribution < 1.29 is 23.8 Å². The highest BCUT2D eigenvalue weighted by atomic mass is 16.5. The van der Waals surface area contributed by atoms with Gasteiger partial charge in [0.2, 0.25) is 0 Å². The van der Waals surface area contributed by atoms with Crippen LogP contribution in [0.25, 0.3) is 0 Å². The zero-order valence-electron chi connectivity index (χ0n) is 13.8. The Bertz CT molecular complexity index is 691. The monoisotopic (exact) mass is 328 g/mol. The van der Waals surface area contributed by atoms with Crippen molar-refractivity contribution in [3.63, 3.8) is 0 Å². The van der Waals surface area contributed by atoms with Gasteiger partial charge in [0.1, 0.15) is 17.1 Å². The molecule has 2 aromatic carbocycles. The minimum Gasteiger partial charge on any atom is -0.493 e. The van der Waals surface area contributed by atoms with E-state index in [-0.39, 0.29) is 0 Å². The van der Waals surface area contributed by atoms with Crippen molar-refractivity contribution in [1.29, 1.82) is 0 Å². The van der Waals surface area contributed by atoms with E-state index in [1.165, 1.54) is 0 Å². The summed E-state index contributed by atoms with van der Waals surface area (Å²) in [6, 6.07) is 13.1. The first-order chi connectivity index (χ1) is 11.7. The highest BCUT2D eigenvalue weighted by Crippen LogP contribution is 2.21. The topological polar surface area (TPSA) is 61.8 Å². The van der Waals surface area contributed by atoms with E-state index in [0.717, 1.165) is 6.42 Å². The average Bonchev–Trinajstić information content (AvgIpc) is 2.61. The number of esters is 2. The molecule has 5 heteroatoms. The molecule has 0 aliphatic carbocycles. The maximum atomic E-state index is 12.3. The number of ether oxygens (including phenoxy) is 3. The number of rotatable bonds is 7. The Morgan fingerprint density at radius 2 is 1.62 bits per heavy atom. The average molecular weight is 328 g/mol. The summed E-state index contributed by atoms with van der Waals surface area (Å²) in [6.45, 7) is 4.61. The lowest BCUT2D eigenvalue weighted by Crippen LogP contribution is -2.11. The molecule has 0 saturated carbocycles. The van der Waals surface area contributed by atoms with Crippen LogP contribution >= 0.6 is 0 Å². The zero-order valence-corrected chi connectivity index (χ0v) is 13.8. The van der Waals surface area contributed by atoms with E-state index in [1.807, 2.05) is 13.8 Å². The predicted octanol–water partition coefficient (Wildman–Crippen LogP) is 3.87. The maximum absolute atomic E-state index is 12.3. The third-order valence-electron chi connectivity index (χ3n) is 3.14. The van der Waals surface area contributed by atoms with E-state index < -0.39 is 11.9 Å². The van der Waals surface area contributed by atoms with E-state index in [2.05, 4.69) is 0 Å². The molecule has 0 aliphatic rings. The van der Waals surface area contributed by atoms with Gasteiger partial charge in [0.05, 0.1) is 18.8 Å². The van der Waals surface area contributed by atoms with Crippen LogP contribution in [-0.4, -0.2) is 25.2 Å². The Morgan fingerprint density at radius 3 is 2.29 bits per heavy atom. The second-order valence-corrected chi connectivity index (χ2v) is 4.98. The summed E-state index contributed by atoms with van der Waals surface area (Å²) >= 11 is 0. The predicted molar refractivity (Wildman–Crippen MR) is 89.6 cm³/mol. The highest BCUT2D eigenvalue weighted by Gasteiger charge is 2.15. The van der Waals surface area contributed by atoms with Crippen LogP contribution in [0, 0.1) is 0 Å². The van der Waals surface area contributed by atoms with Gasteiger partial charge in [0.15, 0.2) is 0 Å². The largest absolute Gasteiger partial charge is 0.493 e. The molecule has 0 bridgehead atoms. The summed E-state index contributed by atoms with van der Waals surface area (Å²) in [6.07, 6.45) is 0.765. The molecule has 0 unspecified atom stereocenters. The smallest absolute Gasteiger partial charge is 0.347 e. The van der Waals surface area contributed by atoms with Crippen LogP contribution in [0.5, 0.6) is 11.5 Å². The number of hydrogen-bond acceptors (Lipinski definition) is 5. The van der Waals surface area contributed by atoms with E-state index in [0.29, 0.717) is 35.8 Å². The van der Waals surface area contributed by atoms with Crippen molar-refractivity contribution in [2.75, 3.05) is 13.2 Å². The van der Waals surface area contributed by atoms with Crippen LogP contribution in [-0.2, 0) is 4.74 Å². The Kier molecular flexibility index (Phi) is 6.37. The van der Waals surface area contributed by atoms with E-state index in [4.69, 9.17) is 14.2 Å². The number of benzene rings is 2. The number of carbonyl (C=O) groups excluding carboxylic acids is 2. The molecule has 2 aromatic rings. The lowest BCUT2D eigenvalue weighted by molar-refractivity contribution is 0.0505. The van der Waals surface area contributed by atoms with Crippen molar-refractivity contribution >= 4 is 11.9 Å². The summed E-state index contributed by atoms with van der Waals surface area (Å²) in [4.78, 5) is 24.0. The van der Waals surface area contributed by atoms with Crippen LogP contribution < -0.4 is 9.47 Å². The van der Waals surface area contributed by atoms with Crippen LogP contribution in [0.4, 0.5) is 0 Å². The molecule has 0 aliphatic heterocycles. The van der Waals surface area contributed by atoms with Gasteiger partial charge < -0.3 is 14.2 Å². The fraction of sp³-hybridized carbons (Fsp3) is 0.263. The van der Waals surface area contributed by atoms with Gasteiger partial charge in [-0.05, 0) is 49.7 Å². The molecule has 0 amide bonds. The summed E-state index contributed by atoms with van der Waals surface area (Å²) < 4.78 is 15.8. The van der Waals surface area contributed by atoms with E-state index >= 15 is 0 Å². The van der Waals surface area contributed by atoms with Gasteiger partial charge in [-0.2, -0.15) is 0 Å². The molecule has 0 N–H and O–H groups in total. The molecular weight excluding hydrogens is 308 g/mol. The molecule has 0 spiro atoms. The van der Waals surface area contributed by atoms with Crippen molar-refractivity contribution in [3.8, 4) is 11.5 Å². The van der Waals surface area contributed by atoms with Gasteiger partial charge >= 0.3 is 11.9 Å². The quantitative estimate of drug-likeness (QED) is 0.570. The molecule has 0 fully saturated rings. The van der Waals surface area contributed by atoms with Crippen LogP contribution in [0.2, 0.25) is 0 Å². The van der Waals surface area contributed by atoms with Crippen LogP contribution in [0.15, 0.2) is 48.5 Å². The second-order valence-electron chi connectivity index (χ2n) is 4.98. The van der Waals surface area contributed by atoms with E-state index in [9.17, 15) is 9.59 Å². The van der Waals surface area contributed by atoms with Crippen molar-refractivity contribution in [2.24, 2.45) is 0 Å². The Morgan fingerprint density at radius 1 is 0.917 bits per heavy atom. The first-order valence-corrected chi connectivity index (χ1v) is 7.87.